The van der Waals surface area contributed by atoms with Crippen molar-refractivity contribution in [3.63, 3.8) is 0 Å². The molecule has 0 bridgehead atoms. The Labute approximate surface area is 102 Å². The second-order valence-corrected chi connectivity index (χ2v) is 4.08. The van der Waals surface area contributed by atoms with Crippen LogP contribution >= 0.6 is 11.6 Å². The molecular formula is C11H10ClNO4. The van der Waals surface area contributed by atoms with Gasteiger partial charge >= 0.3 is 5.69 Å². The van der Waals surface area contributed by atoms with Gasteiger partial charge in [0.05, 0.1) is 16.9 Å². The first-order valence-corrected chi connectivity index (χ1v) is 5.69. The lowest BCUT2D eigenvalue weighted by molar-refractivity contribution is -0.386. The van der Waals surface area contributed by atoms with Crippen LogP contribution in [0, 0.1) is 10.1 Å². The molecular weight excluding hydrogens is 246 g/mol. The van der Waals surface area contributed by atoms with E-state index >= 15 is 0 Å². The lowest BCUT2D eigenvalue weighted by Gasteiger charge is -2.06. The molecule has 0 spiro atoms. The van der Waals surface area contributed by atoms with E-state index in [0.717, 1.165) is 12.8 Å². The number of hydrogen-bond acceptors (Lipinski definition) is 4. The number of nitrogens with zero attached hydrogens (tertiary/aromatic N) is 1. The average molecular weight is 256 g/mol. The van der Waals surface area contributed by atoms with Crippen LogP contribution in [0.2, 0.25) is 0 Å². The predicted molar refractivity (Wildman–Crippen MR) is 61.8 cm³/mol. The number of carbonyl (C=O) groups excluding carboxylic acids is 1. The number of nitro benzene ring substituents is 1. The van der Waals surface area contributed by atoms with Crippen LogP contribution in [0.3, 0.4) is 0 Å². The van der Waals surface area contributed by atoms with Crippen molar-refractivity contribution in [3.8, 4) is 5.75 Å². The number of Topliss-reactive ketones (excluding diaryl/α,β-unsaturated/α-hetero) is 1. The van der Waals surface area contributed by atoms with Crippen LogP contribution in [-0.2, 0) is 0 Å². The number of rotatable bonds is 5. The molecule has 1 fully saturated rings. The minimum absolute atomic E-state index is 0.0725. The normalized spacial score (nSPS) is 14.4. The van der Waals surface area contributed by atoms with Crippen molar-refractivity contribution in [2.45, 2.75) is 18.9 Å². The maximum Gasteiger partial charge on any atom is 0.311 e. The third kappa shape index (κ3) is 2.74. The average Bonchev–Trinajstić information content (AvgIpc) is 3.12. The number of hydrogen-bond donors (Lipinski definition) is 0. The van der Waals surface area contributed by atoms with Crippen molar-refractivity contribution < 1.29 is 14.5 Å². The molecule has 0 atom stereocenters. The van der Waals surface area contributed by atoms with E-state index in [4.69, 9.17) is 16.3 Å². The summed E-state index contributed by atoms with van der Waals surface area (Å²) >= 11 is 5.40. The molecule has 90 valence electrons. The SMILES string of the molecule is O=C(CCl)c1ccc(OC2CC2)c([N+](=O)[O-])c1. The summed E-state index contributed by atoms with van der Waals surface area (Å²) < 4.78 is 5.40. The Morgan fingerprint density at radius 1 is 1.53 bits per heavy atom. The van der Waals surface area contributed by atoms with Gasteiger partial charge in [-0.3, -0.25) is 14.9 Å². The molecule has 0 unspecified atom stereocenters. The van der Waals surface area contributed by atoms with Crippen LogP contribution in [0.4, 0.5) is 5.69 Å². The number of ketones is 1. The Kier molecular flexibility index (Phi) is 3.28. The van der Waals surface area contributed by atoms with Gasteiger partial charge in [0, 0.05) is 11.6 Å². The fourth-order valence-electron chi connectivity index (χ4n) is 1.38. The van der Waals surface area contributed by atoms with Gasteiger partial charge in [-0.1, -0.05) is 0 Å². The van der Waals surface area contributed by atoms with Crippen LogP contribution < -0.4 is 4.74 Å². The van der Waals surface area contributed by atoms with Crippen molar-refractivity contribution in [1.82, 2.24) is 0 Å². The van der Waals surface area contributed by atoms with Crippen molar-refractivity contribution in [2.24, 2.45) is 0 Å². The zero-order chi connectivity index (χ0) is 12.4. The number of nitro groups is 1. The smallest absolute Gasteiger partial charge is 0.311 e. The summed E-state index contributed by atoms with van der Waals surface area (Å²) in [5, 5.41) is 10.9. The number of benzene rings is 1. The molecule has 0 saturated heterocycles. The van der Waals surface area contributed by atoms with Crippen LogP contribution in [0.15, 0.2) is 18.2 Å². The number of carbonyl (C=O) groups is 1. The van der Waals surface area contributed by atoms with Crippen molar-refractivity contribution in [3.05, 3.63) is 33.9 Å². The summed E-state index contributed by atoms with van der Waals surface area (Å²) in [5.41, 5.74) is 0.0442. The molecule has 0 aromatic heterocycles. The molecule has 0 radical (unpaired) electrons. The minimum atomic E-state index is -0.553. The Hall–Kier alpha value is -1.62. The molecule has 0 heterocycles. The Balaban J connectivity index is 2.32. The fourth-order valence-corrected chi connectivity index (χ4v) is 1.53. The molecule has 0 N–H and O–H groups in total. The van der Waals surface area contributed by atoms with Gasteiger partial charge in [-0.15, -0.1) is 11.6 Å². The standard InChI is InChI=1S/C11H10ClNO4/c12-6-10(14)7-1-4-11(17-8-2-3-8)9(5-7)13(15)16/h1,4-5,8H,2-3,6H2. The van der Waals surface area contributed by atoms with E-state index in [-0.39, 0.29) is 34.8 Å². The van der Waals surface area contributed by atoms with Gasteiger partial charge in [0.25, 0.3) is 0 Å². The van der Waals surface area contributed by atoms with E-state index in [1.165, 1.54) is 18.2 Å². The Morgan fingerprint density at radius 3 is 2.76 bits per heavy atom. The van der Waals surface area contributed by atoms with Gasteiger partial charge in [0.1, 0.15) is 0 Å². The number of alkyl halides is 1. The van der Waals surface area contributed by atoms with E-state index in [0.29, 0.717) is 0 Å². The van der Waals surface area contributed by atoms with Crippen LogP contribution in [0.5, 0.6) is 5.75 Å². The number of halogens is 1. The lowest BCUT2D eigenvalue weighted by atomic mass is 10.1. The highest BCUT2D eigenvalue weighted by atomic mass is 35.5. The highest BCUT2D eigenvalue weighted by molar-refractivity contribution is 6.30. The molecule has 1 aromatic carbocycles. The summed E-state index contributed by atoms with van der Waals surface area (Å²) in [4.78, 5) is 21.7. The summed E-state index contributed by atoms with van der Waals surface area (Å²) in [7, 11) is 0. The first-order chi connectivity index (χ1) is 8.11. The highest BCUT2D eigenvalue weighted by Crippen LogP contribution is 2.34. The van der Waals surface area contributed by atoms with E-state index in [9.17, 15) is 14.9 Å². The summed E-state index contributed by atoms with van der Waals surface area (Å²) in [6.45, 7) is 0. The van der Waals surface area contributed by atoms with E-state index in [2.05, 4.69) is 0 Å². The van der Waals surface area contributed by atoms with E-state index in [1.807, 2.05) is 0 Å². The maximum atomic E-state index is 11.3. The first kappa shape index (κ1) is 11.9. The van der Waals surface area contributed by atoms with Crippen molar-refractivity contribution in [1.29, 1.82) is 0 Å². The van der Waals surface area contributed by atoms with Gasteiger partial charge in [-0.2, -0.15) is 0 Å². The molecule has 1 saturated carbocycles. The second-order valence-electron chi connectivity index (χ2n) is 3.81. The quantitative estimate of drug-likeness (QED) is 0.351. The van der Waals surface area contributed by atoms with Crippen LogP contribution in [-0.4, -0.2) is 22.7 Å². The van der Waals surface area contributed by atoms with Crippen molar-refractivity contribution in [2.75, 3.05) is 5.88 Å². The molecule has 6 heteroatoms. The van der Waals surface area contributed by atoms with Gasteiger partial charge in [0.15, 0.2) is 11.5 Å². The number of ether oxygens (including phenoxy) is 1. The molecule has 0 aliphatic heterocycles. The lowest BCUT2D eigenvalue weighted by Crippen LogP contribution is -2.04. The predicted octanol–water partition coefficient (Wildman–Crippen LogP) is 2.56. The van der Waals surface area contributed by atoms with Crippen LogP contribution in [0.1, 0.15) is 23.2 Å². The maximum absolute atomic E-state index is 11.3. The monoisotopic (exact) mass is 255 g/mol. The fraction of sp³-hybridized carbons (Fsp3) is 0.364. The summed E-state index contributed by atoms with van der Waals surface area (Å²) in [5.74, 6) is -0.323. The Bertz CT molecular complexity index is 471. The minimum Gasteiger partial charge on any atom is -0.483 e. The zero-order valence-electron chi connectivity index (χ0n) is 8.89. The molecule has 17 heavy (non-hydrogen) atoms. The van der Waals surface area contributed by atoms with Crippen molar-refractivity contribution >= 4 is 23.1 Å². The third-order valence-electron chi connectivity index (χ3n) is 2.42. The van der Waals surface area contributed by atoms with E-state index in [1.54, 1.807) is 0 Å². The second kappa shape index (κ2) is 4.71. The van der Waals surface area contributed by atoms with Gasteiger partial charge in [0.2, 0.25) is 0 Å². The third-order valence-corrected chi connectivity index (χ3v) is 2.66. The van der Waals surface area contributed by atoms with Gasteiger partial charge < -0.3 is 4.74 Å². The topological polar surface area (TPSA) is 69.4 Å². The first-order valence-electron chi connectivity index (χ1n) is 5.16. The molecule has 1 aliphatic rings. The summed E-state index contributed by atoms with van der Waals surface area (Å²) in [6, 6.07) is 4.16. The summed E-state index contributed by atoms with van der Waals surface area (Å²) in [6.07, 6.45) is 1.90. The van der Waals surface area contributed by atoms with Gasteiger partial charge in [-0.05, 0) is 25.0 Å². The molecule has 2 rings (SSSR count). The van der Waals surface area contributed by atoms with Crippen LogP contribution in [0.25, 0.3) is 0 Å². The molecule has 5 nitrogen and oxygen atoms in total. The van der Waals surface area contributed by atoms with Gasteiger partial charge in [-0.25, -0.2) is 0 Å². The molecule has 0 amide bonds. The largest absolute Gasteiger partial charge is 0.483 e. The zero-order valence-corrected chi connectivity index (χ0v) is 9.64. The molecule has 1 aliphatic carbocycles. The Morgan fingerprint density at radius 2 is 2.24 bits per heavy atom. The highest BCUT2D eigenvalue weighted by Gasteiger charge is 2.27. The molecule has 1 aromatic rings. The van der Waals surface area contributed by atoms with E-state index < -0.39 is 4.92 Å².